The largest absolute Gasteiger partial charge is 0.481 e. The van der Waals surface area contributed by atoms with Gasteiger partial charge in [0.15, 0.2) is 0 Å². The van der Waals surface area contributed by atoms with E-state index in [1.165, 1.54) is 6.08 Å². The van der Waals surface area contributed by atoms with E-state index in [0.29, 0.717) is 0 Å². The third-order valence-corrected chi connectivity index (χ3v) is 2.38. The van der Waals surface area contributed by atoms with Crippen LogP contribution in [0.15, 0.2) is 12.2 Å². The molecule has 0 aromatic heterocycles. The summed E-state index contributed by atoms with van der Waals surface area (Å²) in [5.74, 6) is -4.12. The third kappa shape index (κ3) is 1.21. The Morgan fingerprint density at radius 3 is 2.38 bits per heavy atom. The van der Waals surface area contributed by atoms with Gasteiger partial charge in [0.05, 0.1) is 5.92 Å². The van der Waals surface area contributed by atoms with Crippen molar-refractivity contribution in [2.45, 2.75) is 12.2 Å². The first-order chi connectivity index (χ1) is 6.11. The number of ether oxygens (including phenoxy) is 1. The highest BCUT2D eigenvalue weighted by molar-refractivity contribution is 5.83. The smallest absolute Gasteiger partial charge is 0.311 e. The molecule has 13 heavy (non-hydrogen) atoms. The highest BCUT2D eigenvalue weighted by Crippen LogP contribution is 2.39. The number of hydrogen-bond donors (Lipinski definition) is 2. The van der Waals surface area contributed by atoms with E-state index in [-0.39, 0.29) is 6.10 Å². The molecule has 1 heterocycles. The molecule has 0 aromatic carbocycles. The van der Waals surface area contributed by atoms with E-state index in [1.54, 1.807) is 6.08 Å². The summed E-state index contributed by atoms with van der Waals surface area (Å²) in [5.41, 5.74) is 0. The van der Waals surface area contributed by atoms with E-state index in [0.717, 1.165) is 0 Å². The van der Waals surface area contributed by atoms with Crippen LogP contribution in [0.2, 0.25) is 0 Å². The van der Waals surface area contributed by atoms with Gasteiger partial charge < -0.3 is 14.9 Å². The van der Waals surface area contributed by atoms with Crippen molar-refractivity contribution in [2.75, 3.05) is 0 Å². The summed E-state index contributed by atoms with van der Waals surface area (Å²) in [4.78, 5) is 21.4. The van der Waals surface area contributed by atoms with E-state index in [2.05, 4.69) is 0 Å². The van der Waals surface area contributed by atoms with Crippen LogP contribution in [0, 0.1) is 11.8 Å². The topological polar surface area (TPSA) is 87.1 Å². The van der Waals surface area contributed by atoms with E-state index in [1.807, 2.05) is 0 Å². The second-order valence-electron chi connectivity index (χ2n) is 3.18. The molecule has 5 heteroatoms. The fourth-order valence-electron chi connectivity index (χ4n) is 1.66. The zero-order valence-corrected chi connectivity index (χ0v) is 6.58. The molecule has 4 atom stereocenters. The van der Waals surface area contributed by atoms with Crippen LogP contribution in [0.4, 0.5) is 0 Å². The summed E-state index contributed by atoms with van der Waals surface area (Å²) in [6.07, 6.45) is 2.39. The molecular weight excluding hydrogens is 176 g/mol. The van der Waals surface area contributed by atoms with E-state index >= 15 is 0 Å². The molecule has 2 aliphatic rings. The van der Waals surface area contributed by atoms with Crippen molar-refractivity contribution in [3.8, 4) is 0 Å². The number of epoxide rings is 1. The van der Waals surface area contributed by atoms with Crippen LogP contribution in [0.1, 0.15) is 0 Å². The first-order valence-electron chi connectivity index (χ1n) is 3.90. The first-order valence-corrected chi connectivity index (χ1v) is 3.90. The van der Waals surface area contributed by atoms with Crippen molar-refractivity contribution < 1.29 is 24.5 Å². The van der Waals surface area contributed by atoms with Gasteiger partial charge in [0, 0.05) is 0 Å². The average Bonchev–Trinajstić information content (AvgIpc) is 2.79. The second kappa shape index (κ2) is 2.56. The molecule has 0 spiro atoms. The molecule has 1 fully saturated rings. The Balaban J connectivity index is 2.25. The Kier molecular flexibility index (Phi) is 1.63. The first kappa shape index (κ1) is 8.25. The standard InChI is InChI=1S/C8H8O5/c9-7(10)3-1-2-4-6(13-4)5(3)8(11)12/h1-6H,(H,9,10)(H,11,12)/t3-,4+,5-,6+/m1/s1. The SMILES string of the molecule is O=C(O)[C@H]1[C@H]2O[C@H]2C=C[C@H]1C(=O)O. The minimum absolute atomic E-state index is 0.184. The molecule has 1 aliphatic carbocycles. The fourth-order valence-corrected chi connectivity index (χ4v) is 1.66. The Morgan fingerprint density at radius 1 is 1.15 bits per heavy atom. The molecule has 0 amide bonds. The molecule has 0 unspecified atom stereocenters. The Morgan fingerprint density at radius 2 is 1.85 bits per heavy atom. The fraction of sp³-hybridized carbons (Fsp3) is 0.500. The van der Waals surface area contributed by atoms with Gasteiger partial charge in [-0.05, 0) is 0 Å². The summed E-state index contributed by atoms with van der Waals surface area (Å²) in [5, 5.41) is 17.5. The number of carboxylic acid groups (broad SMARTS) is 2. The number of fused-ring (bicyclic) bond motifs is 1. The number of aliphatic carboxylic acids is 2. The summed E-state index contributed by atoms with van der Waals surface area (Å²) >= 11 is 0. The predicted molar refractivity (Wildman–Crippen MR) is 40.1 cm³/mol. The molecule has 2 rings (SSSR count). The lowest BCUT2D eigenvalue weighted by Gasteiger charge is -2.17. The van der Waals surface area contributed by atoms with Gasteiger partial charge in [0.1, 0.15) is 18.1 Å². The van der Waals surface area contributed by atoms with Crippen molar-refractivity contribution in [3.63, 3.8) is 0 Å². The van der Waals surface area contributed by atoms with Crippen LogP contribution in [-0.2, 0) is 14.3 Å². The van der Waals surface area contributed by atoms with Crippen LogP contribution in [0.3, 0.4) is 0 Å². The summed E-state index contributed by atoms with van der Waals surface area (Å²) in [6, 6.07) is 0. The van der Waals surface area contributed by atoms with E-state index in [4.69, 9.17) is 14.9 Å². The number of hydrogen-bond acceptors (Lipinski definition) is 3. The maximum absolute atomic E-state index is 10.7. The second-order valence-corrected chi connectivity index (χ2v) is 3.18. The van der Waals surface area contributed by atoms with Gasteiger partial charge in [-0.1, -0.05) is 12.2 Å². The average molecular weight is 184 g/mol. The molecular formula is C8H8O5. The molecule has 5 nitrogen and oxygen atoms in total. The summed E-state index contributed by atoms with van der Waals surface area (Å²) < 4.78 is 5.00. The van der Waals surface area contributed by atoms with Crippen molar-refractivity contribution in [2.24, 2.45) is 11.8 Å². The monoisotopic (exact) mass is 184 g/mol. The molecule has 0 aromatic rings. The third-order valence-electron chi connectivity index (χ3n) is 2.38. The number of carbonyl (C=O) groups is 2. The van der Waals surface area contributed by atoms with Gasteiger partial charge in [-0.15, -0.1) is 0 Å². The summed E-state index contributed by atoms with van der Waals surface area (Å²) in [6.45, 7) is 0. The van der Waals surface area contributed by atoms with Crippen LogP contribution in [-0.4, -0.2) is 34.4 Å². The number of carboxylic acids is 2. The normalized spacial score (nSPS) is 40.9. The highest BCUT2D eigenvalue weighted by atomic mass is 16.6. The molecule has 0 radical (unpaired) electrons. The van der Waals surface area contributed by atoms with E-state index in [9.17, 15) is 9.59 Å². The molecule has 70 valence electrons. The van der Waals surface area contributed by atoms with Gasteiger partial charge in [-0.25, -0.2) is 0 Å². The molecule has 1 saturated heterocycles. The Labute approximate surface area is 73.6 Å². The van der Waals surface area contributed by atoms with Crippen molar-refractivity contribution in [1.29, 1.82) is 0 Å². The minimum Gasteiger partial charge on any atom is -0.481 e. The minimum atomic E-state index is -1.11. The lowest BCUT2D eigenvalue weighted by Crippen LogP contribution is -2.35. The van der Waals surface area contributed by atoms with Crippen LogP contribution < -0.4 is 0 Å². The van der Waals surface area contributed by atoms with Crippen molar-refractivity contribution in [1.82, 2.24) is 0 Å². The lowest BCUT2D eigenvalue weighted by atomic mass is 9.84. The Bertz CT molecular complexity index is 295. The van der Waals surface area contributed by atoms with Crippen LogP contribution in [0.5, 0.6) is 0 Å². The van der Waals surface area contributed by atoms with Crippen molar-refractivity contribution in [3.05, 3.63) is 12.2 Å². The van der Waals surface area contributed by atoms with Crippen LogP contribution >= 0.6 is 0 Å². The van der Waals surface area contributed by atoms with Gasteiger partial charge >= 0.3 is 11.9 Å². The van der Waals surface area contributed by atoms with Gasteiger partial charge in [0.2, 0.25) is 0 Å². The molecule has 2 N–H and O–H groups in total. The van der Waals surface area contributed by atoms with Crippen molar-refractivity contribution >= 4 is 11.9 Å². The zero-order chi connectivity index (χ0) is 9.59. The maximum atomic E-state index is 10.7. The summed E-state index contributed by atoms with van der Waals surface area (Å²) in [7, 11) is 0. The zero-order valence-electron chi connectivity index (χ0n) is 6.58. The maximum Gasteiger partial charge on any atom is 0.311 e. The quantitative estimate of drug-likeness (QED) is 0.455. The number of rotatable bonds is 2. The van der Waals surface area contributed by atoms with Crippen LogP contribution in [0.25, 0.3) is 0 Å². The highest BCUT2D eigenvalue weighted by Gasteiger charge is 2.54. The van der Waals surface area contributed by atoms with E-state index < -0.39 is 29.9 Å². The van der Waals surface area contributed by atoms with Gasteiger partial charge in [-0.2, -0.15) is 0 Å². The van der Waals surface area contributed by atoms with Gasteiger partial charge in [-0.3, -0.25) is 9.59 Å². The lowest BCUT2D eigenvalue weighted by molar-refractivity contribution is -0.152. The Hall–Kier alpha value is -1.36. The molecule has 1 aliphatic heterocycles. The molecule has 0 saturated carbocycles. The predicted octanol–water partition coefficient (Wildman–Crippen LogP) is -0.275. The molecule has 0 bridgehead atoms. The van der Waals surface area contributed by atoms with Gasteiger partial charge in [0.25, 0.3) is 0 Å².